The summed E-state index contributed by atoms with van der Waals surface area (Å²) in [5.41, 5.74) is 1.12. The van der Waals surface area contributed by atoms with Gasteiger partial charge in [-0.2, -0.15) is 0 Å². The fraction of sp³-hybridized carbons (Fsp3) is 0.381. The molecule has 2 aromatic carbocycles. The van der Waals surface area contributed by atoms with Gasteiger partial charge >= 0.3 is 0 Å². The van der Waals surface area contributed by atoms with E-state index in [9.17, 15) is 9.90 Å². The van der Waals surface area contributed by atoms with E-state index in [2.05, 4.69) is 6.92 Å². The smallest absolute Gasteiger partial charge is 0.193 e. The highest BCUT2D eigenvalue weighted by atomic mass is 16.5. The van der Waals surface area contributed by atoms with Gasteiger partial charge in [-0.25, -0.2) is 0 Å². The maximum atomic E-state index is 12.3. The maximum absolute atomic E-state index is 12.3. The summed E-state index contributed by atoms with van der Waals surface area (Å²) in [5.74, 6) is 0.769. The summed E-state index contributed by atoms with van der Waals surface area (Å²) in [4.78, 5) is 12.3. The third kappa shape index (κ3) is 8.14. The molecule has 0 fully saturated rings. The molecule has 0 radical (unpaired) electrons. The molecule has 0 amide bonds. The summed E-state index contributed by atoms with van der Waals surface area (Å²) in [7, 11) is 0. The Bertz CT molecular complexity index is 618. The van der Waals surface area contributed by atoms with Crippen LogP contribution in [0, 0.1) is 0 Å². The zero-order valence-electron chi connectivity index (χ0n) is 15.5. The molecule has 5 nitrogen and oxygen atoms in total. The normalized spacial score (nSPS) is 9.96. The molecule has 0 spiro atoms. The number of aliphatic hydroxyl groups is 1. The molecule has 2 aromatic rings. The lowest BCUT2D eigenvalue weighted by atomic mass is 10.0. The molecule has 0 aliphatic heterocycles. The molecule has 0 heterocycles. The first kappa shape index (κ1) is 21.7. The summed E-state index contributed by atoms with van der Waals surface area (Å²) >= 11 is 0. The summed E-state index contributed by atoms with van der Waals surface area (Å²) in [6, 6.07) is 13.2. The van der Waals surface area contributed by atoms with Crippen LogP contribution in [-0.4, -0.2) is 42.4 Å². The van der Waals surface area contributed by atoms with E-state index < -0.39 is 0 Å². The minimum absolute atomic E-state index is 0.0853. The van der Waals surface area contributed by atoms with Crippen molar-refractivity contribution in [3.05, 3.63) is 59.7 Å². The highest BCUT2D eigenvalue weighted by Gasteiger charge is 2.09. The Balaban J connectivity index is 0.000000765. The number of hydrogen-bond donors (Lipinski definition) is 2. The van der Waals surface area contributed by atoms with Crippen molar-refractivity contribution < 1.29 is 24.5 Å². The highest BCUT2D eigenvalue weighted by Crippen LogP contribution is 2.17. The average Bonchev–Trinajstić information content (AvgIpc) is 2.68. The van der Waals surface area contributed by atoms with Gasteiger partial charge in [-0.3, -0.25) is 4.79 Å². The molecule has 26 heavy (non-hydrogen) atoms. The first-order valence-electron chi connectivity index (χ1n) is 8.87. The van der Waals surface area contributed by atoms with E-state index in [-0.39, 0.29) is 11.5 Å². The van der Waals surface area contributed by atoms with Crippen molar-refractivity contribution in [2.45, 2.75) is 26.7 Å². The lowest BCUT2D eigenvalue weighted by Gasteiger charge is -2.07. The molecule has 0 saturated heterocycles. The van der Waals surface area contributed by atoms with Crippen LogP contribution in [0.5, 0.6) is 11.5 Å². The van der Waals surface area contributed by atoms with Crippen LogP contribution in [-0.2, 0) is 4.74 Å². The number of aromatic hydroxyl groups is 1. The SMILES string of the molecule is CCCO.CCCOCCOc1ccc(C(=O)c2ccc(O)cc2)cc1. The Morgan fingerprint density at radius 1 is 0.846 bits per heavy atom. The standard InChI is InChI=1S/C18H20O4.C3H8O/c1-2-11-21-12-13-22-17-9-5-15(6-10-17)18(20)14-3-7-16(19)8-4-14;1-2-3-4/h3-10,19H,2,11-13H2,1H3;4H,2-3H2,1H3. The Morgan fingerprint density at radius 3 is 1.88 bits per heavy atom. The fourth-order valence-corrected chi connectivity index (χ4v) is 1.95. The van der Waals surface area contributed by atoms with E-state index >= 15 is 0 Å². The highest BCUT2D eigenvalue weighted by molar-refractivity contribution is 6.09. The van der Waals surface area contributed by atoms with Crippen LogP contribution in [0.3, 0.4) is 0 Å². The Hall–Kier alpha value is -2.37. The van der Waals surface area contributed by atoms with Crippen molar-refractivity contribution in [1.82, 2.24) is 0 Å². The summed E-state index contributed by atoms with van der Waals surface area (Å²) < 4.78 is 10.9. The van der Waals surface area contributed by atoms with Crippen LogP contribution in [0.2, 0.25) is 0 Å². The third-order valence-corrected chi connectivity index (χ3v) is 3.31. The zero-order valence-corrected chi connectivity index (χ0v) is 15.5. The molecule has 0 bridgehead atoms. The number of ketones is 1. The second kappa shape index (κ2) is 12.9. The van der Waals surface area contributed by atoms with Crippen LogP contribution in [0.15, 0.2) is 48.5 Å². The summed E-state index contributed by atoms with van der Waals surface area (Å²) in [6.07, 6.45) is 1.87. The van der Waals surface area contributed by atoms with Gasteiger partial charge in [0.15, 0.2) is 5.78 Å². The second-order valence-electron chi connectivity index (χ2n) is 5.58. The van der Waals surface area contributed by atoms with E-state index in [1.807, 2.05) is 6.92 Å². The minimum Gasteiger partial charge on any atom is -0.508 e. The number of carbonyl (C=O) groups excluding carboxylic acids is 1. The van der Waals surface area contributed by atoms with Gasteiger partial charge in [-0.1, -0.05) is 13.8 Å². The lowest BCUT2D eigenvalue weighted by molar-refractivity contribution is 0.100. The Labute approximate surface area is 155 Å². The molecule has 2 N–H and O–H groups in total. The molecule has 0 unspecified atom stereocenters. The number of carbonyl (C=O) groups is 1. The van der Waals surface area contributed by atoms with Crippen molar-refractivity contribution in [2.24, 2.45) is 0 Å². The topological polar surface area (TPSA) is 76.0 Å². The molecule has 0 saturated carbocycles. The van der Waals surface area contributed by atoms with E-state index in [1.54, 1.807) is 36.4 Å². The van der Waals surface area contributed by atoms with Gasteiger partial charge in [0.1, 0.15) is 18.1 Å². The molecule has 0 aliphatic rings. The number of benzene rings is 2. The van der Waals surface area contributed by atoms with Gasteiger partial charge in [0.05, 0.1) is 6.61 Å². The monoisotopic (exact) mass is 360 g/mol. The van der Waals surface area contributed by atoms with Gasteiger partial charge in [0, 0.05) is 24.3 Å². The number of hydrogen-bond acceptors (Lipinski definition) is 5. The third-order valence-electron chi connectivity index (χ3n) is 3.31. The molecule has 0 aliphatic carbocycles. The zero-order chi connectivity index (χ0) is 19.2. The van der Waals surface area contributed by atoms with Gasteiger partial charge in [0.2, 0.25) is 0 Å². The van der Waals surface area contributed by atoms with Crippen molar-refractivity contribution in [1.29, 1.82) is 0 Å². The molecule has 0 atom stereocenters. The molecule has 5 heteroatoms. The molecular weight excluding hydrogens is 332 g/mol. The van der Waals surface area contributed by atoms with Crippen LogP contribution < -0.4 is 4.74 Å². The Morgan fingerprint density at radius 2 is 1.38 bits per heavy atom. The average molecular weight is 360 g/mol. The van der Waals surface area contributed by atoms with E-state index in [0.29, 0.717) is 36.7 Å². The number of aliphatic hydroxyl groups excluding tert-OH is 1. The van der Waals surface area contributed by atoms with Crippen molar-refractivity contribution in [3.8, 4) is 11.5 Å². The van der Waals surface area contributed by atoms with E-state index in [4.69, 9.17) is 14.6 Å². The molecule has 142 valence electrons. The quantitative estimate of drug-likeness (QED) is 0.525. The number of phenolic OH excluding ortho intramolecular Hbond substituents is 1. The van der Waals surface area contributed by atoms with Gasteiger partial charge < -0.3 is 19.7 Å². The van der Waals surface area contributed by atoms with Crippen LogP contribution in [0.25, 0.3) is 0 Å². The molecular formula is C21H28O5. The summed E-state index contributed by atoms with van der Waals surface area (Å²) in [6.45, 7) is 6.10. The fourth-order valence-electron chi connectivity index (χ4n) is 1.95. The number of rotatable bonds is 9. The number of ether oxygens (including phenoxy) is 2. The molecule has 0 aromatic heterocycles. The first-order chi connectivity index (χ1) is 12.6. The van der Waals surface area contributed by atoms with Crippen LogP contribution >= 0.6 is 0 Å². The van der Waals surface area contributed by atoms with Gasteiger partial charge in [-0.05, 0) is 61.4 Å². The van der Waals surface area contributed by atoms with Crippen LogP contribution in [0.4, 0.5) is 0 Å². The van der Waals surface area contributed by atoms with Gasteiger partial charge in [-0.15, -0.1) is 0 Å². The Kier molecular flexibility index (Phi) is 10.8. The van der Waals surface area contributed by atoms with Crippen molar-refractivity contribution >= 4 is 5.78 Å². The maximum Gasteiger partial charge on any atom is 0.193 e. The predicted octanol–water partition coefficient (Wildman–Crippen LogP) is 3.82. The van der Waals surface area contributed by atoms with Crippen molar-refractivity contribution in [2.75, 3.05) is 26.4 Å². The number of phenols is 1. The first-order valence-corrected chi connectivity index (χ1v) is 8.87. The minimum atomic E-state index is -0.0853. The lowest BCUT2D eigenvalue weighted by Crippen LogP contribution is -2.07. The van der Waals surface area contributed by atoms with Crippen LogP contribution in [0.1, 0.15) is 42.6 Å². The van der Waals surface area contributed by atoms with E-state index in [1.165, 1.54) is 12.1 Å². The second-order valence-corrected chi connectivity index (χ2v) is 5.58. The van der Waals surface area contributed by atoms with E-state index in [0.717, 1.165) is 19.4 Å². The largest absolute Gasteiger partial charge is 0.508 e. The molecule has 2 rings (SSSR count). The van der Waals surface area contributed by atoms with Crippen molar-refractivity contribution in [3.63, 3.8) is 0 Å². The predicted molar refractivity (Wildman–Crippen MR) is 102 cm³/mol. The summed E-state index contributed by atoms with van der Waals surface area (Å²) in [5, 5.41) is 17.1. The van der Waals surface area contributed by atoms with Gasteiger partial charge in [0.25, 0.3) is 0 Å².